The second-order valence-corrected chi connectivity index (χ2v) is 23.4. The fraction of sp³-hybridized carbons (Fsp3) is 0.0270. The van der Waals surface area contributed by atoms with Crippen LogP contribution < -0.4 is 0 Å². The Balaban J connectivity index is 0.701. The highest BCUT2D eigenvalue weighted by atomic mass is 32.1. The van der Waals surface area contributed by atoms with E-state index < -0.39 is 0 Å². The van der Waals surface area contributed by atoms with E-state index in [9.17, 15) is 0 Å². The molecule has 0 spiro atoms. The van der Waals surface area contributed by atoms with Gasteiger partial charge in [0.1, 0.15) is 0 Å². The first kappa shape index (κ1) is 46.8. The van der Waals surface area contributed by atoms with E-state index in [1.165, 1.54) is 84.9 Å². The molecule has 2 bridgehead atoms. The minimum Gasteiger partial charge on any atom is -0.208 e. The molecule has 2 atom stereocenters. The maximum atomic E-state index is 5.22. The van der Waals surface area contributed by atoms with Crippen molar-refractivity contribution >= 4 is 63.0 Å². The molecule has 4 heterocycles. The monoisotopic (exact) mass is 1080 g/mol. The van der Waals surface area contributed by atoms with Crippen molar-refractivity contribution in [3.8, 4) is 90.6 Å². The molecule has 0 aliphatic heterocycles. The molecule has 8 heteroatoms. The van der Waals surface area contributed by atoms with Gasteiger partial charge >= 0.3 is 0 Å². The topological polar surface area (TPSA) is 77.3 Å². The van der Waals surface area contributed by atoms with E-state index in [2.05, 4.69) is 218 Å². The largest absolute Gasteiger partial charge is 0.208 e. The quantitative estimate of drug-likeness (QED) is 0.151. The lowest BCUT2D eigenvalue weighted by Crippen LogP contribution is -2.27. The van der Waals surface area contributed by atoms with E-state index in [0.29, 0.717) is 34.9 Å². The van der Waals surface area contributed by atoms with Gasteiger partial charge in [0, 0.05) is 85.6 Å². The SMILES string of the molecule is c1ccc(-c2nc(-c3ccc(-c4ccc5c(c4)C4c6ccccc6C5c5cc(-c6ccc(-c7nc(-c8ccccc8)nc(-c8cccc9sc%10ccccc%10c89)n7)cc6)ccc54)cc3)nc(-c3cccc4sc5ccccc5c34)n2)cc1. The Labute approximate surface area is 480 Å². The van der Waals surface area contributed by atoms with Crippen molar-refractivity contribution in [3.63, 3.8) is 0 Å². The molecule has 82 heavy (non-hydrogen) atoms. The Bertz CT molecular complexity index is 4730. The second-order valence-electron chi connectivity index (χ2n) is 21.2. The summed E-state index contributed by atoms with van der Waals surface area (Å²) in [6.45, 7) is 0. The minimum atomic E-state index is 0.112. The molecule has 18 rings (SSSR count). The molecule has 0 radical (unpaired) electrons. The average molecular weight is 1080 g/mol. The van der Waals surface area contributed by atoms with Crippen molar-refractivity contribution in [3.05, 3.63) is 288 Å². The van der Waals surface area contributed by atoms with Crippen molar-refractivity contribution in [2.75, 3.05) is 0 Å². The molecule has 3 aliphatic carbocycles. The standard InChI is InChI=1S/C74H44N6S2/c1-3-15-45(16-4-1)69-75-71(79-73(77-69)57-23-13-27-63-67(57)55-21-9-11-25-61(55)81-63)47-33-29-43(30-34-47)49-37-39-53-59(41-49)65-51-19-7-8-20-52(51)66(53)60-42-50(38-40-54(60)65)44-31-35-48(36-32-44)72-76-70(46-17-5-2-6-18-46)78-74(80-72)58-24-14-28-64-68(58)56-22-10-12-26-62(56)82-64/h1-42,65-66H. The van der Waals surface area contributed by atoms with Crippen LogP contribution in [0.4, 0.5) is 0 Å². The highest BCUT2D eigenvalue weighted by Crippen LogP contribution is 2.57. The molecule has 6 nitrogen and oxygen atoms in total. The number of rotatable bonds is 8. The van der Waals surface area contributed by atoms with Gasteiger partial charge in [0.15, 0.2) is 34.9 Å². The Morgan fingerprint density at radius 3 is 0.963 bits per heavy atom. The fourth-order valence-electron chi connectivity index (χ4n) is 12.8. The van der Waals surface area contributed by atoms with Gasteiger partial charge in [-0.05, 0) is 92.0 Å². The van der Waals surface area contributed by atoms with Gasteiger partial charge in [-0.1, -0.05) is 218 Å². The van der Waals surface area contributed by atoms with Gasteiger partial charge in [0.25, 0.3) is 0 Å². The van der Waals surface area contributed by atoms with Gasteiger partial charge in [-0.3, -0.25) is 0 Å². The van der Waals surface area contributed by atoms with E-state index in [4.69, 9.17) is 29.9 Å². The first-order valence-corrected chi connectivity index (χ1v) is 29.3. The summed E-state index contributed by atoms with van der Waals surface area (Å²) < 4.78 is 4.92. The summed E-state index contributed by atoms with van der Waals surface area (Å²) in [6, 6.07) is 91.3. The zero-order chi connectivity index (χ0) is 53.8. The van der Waals surface area contributed by atoms with Crippen LogP contribution in [0, 0.1) is 0 Å². The number of hydrogen-bond donors (Lipinski definition) is 0. The third kappa shape index (κ3) is 7.60. The first-order chi connectivity index (χ1) is 40.6. The van der Waals surface area contributed by atoms with Crippen molar-refractivity contribution in [1.82, 2.24) is 29.9 Å². The highest BCUT2D eigenvalue weighted by Gasteiger charge is 2.41. The normalized spacial score (nSPS) is 14.1. The lowest BCUT2D eigenvalue weighted by Gasteiger charge is -2.42. The number of hydrogen-bond acceptors (Lipinski definition) is 8. The Morgan fingerprint density at radius 1 is 0.220 bits per heavy atom. The van der Waals surface area contributed by atoms with Crippen LogP contribution in [0.1, 0.15) is 45.2 Å². The van der Waals surface area contributed by atoms with Crippen molar-refractivity contribution < 1.29 is 0 Å². The maximum Gasteiger partial charge on any atom is 0.164 e. The van der Waals surface area contributed by atoms with Gasteiger partial charge < -0.3 is 0 Å². The van der Waals surface area contributed by atoms with Crippen LogP contribution in [0.2, 0.25) is 0 Å². The third-order valence-electron chi connectivity index (χ3n) is 16.6. The smallest absolute Gasteiger partial charge is 0.164 e. The highest BCUT2D eigenvalue weighted by molar-refractivity contribution is 7.26. The van der Waals surface area contributed by atoms with Gasteiger partial charge in [-0.2, -0.15) is 0 Å². The van der Waals surface area contributed by atoms with E-state index >= 15 is 0 Å². The molecule has 3 aliphatic rings. The van der Waals surface area contributed by atoms with Crippen LogP contribution >= 0.6 is 22.7 Å². The van der Waals surface area contributed by atoms with Gasteiger partial charge in [0.05, 0.1) is 0 Å². The molecule has 4 aromatic heterocycles. The van der Waals surface area contributed by atoms with Crippen molar-refractivity contribution in [2.45, 2.75) is 11.8 Å². The van der Waals surface area contributed by atoms with Gasteiger partial charge in [-0.25, -0.2) is 29.9 Å². The number of thiophene rings is 2. The second kappa shape index (κ2) is 18.7. The Hall–Kier alpha value is -10.1. The third-order valence-corrected chi connectivity index (χ3v) is 18.9. The summed E-state index contributed by atoms with van der Waals surface area (Å²) in [7, 11) is 0. The fourth-order valence-corrected chi connectivity index (χ4v) is 15.1. The van der Waals surface area contributed by atoms with Crippen LogP contribution in [0.25, 0.3) is 131 Å². The Morgan fingerprint density at radius 2 is 0.537 bits per heavy atom. The summed E-state index contributed by atoms with van der Waals surface area (Å²) >= 11 is 3.60. The van der Waals surface area contributed by atoms with E-state index in [1.54, 1.807) is 22.7 Å². The number of benzene rings is 11. The number of nitrogens with zero attached hydrogens (tertiary/aromatic N) is 6. The molecule has 0 saturated heterocycles. The van der Waals surface area contributed by atoms with Gasteiger partial charge in [-0.15, -0.1) is 22.7 Å². The summed E-state index contributed by atoms with van der Waals surface area (Å²) in [5.74, 6) is 4.14. The summed E-state index contributed by atoms with van der Waals surface area (Å²) in [4.78, 5) is 30.9. The van der Waals surface area contributed by atoms with Crippen LogP contribution in [-0.4, -0.2) is 29.9 Å². The molecule has 0 saturated carbocycles. The van der Waals surface area contributed by atoms with Crippen LogP contribution in [0.5, 0.6) is 0 Å². The molecule has 0 amide bonds. The zero-order valence-electron chi connectivity index (χ0n) is 43.9. The molecular weight excluding hydrogens is 1040 g/mol. The van der Waals surface area contributed by atoms with Gasteiger partial charge in [0.2, 0.25) is 0 Å². The molecule has 0 N–H and O–H groups in total. The summed E-state index contributed by atoms with van der Waals surface area (Å²) in [5.41, 5.74) is 18.7. The predicted molar refractivity (Wildman–Crippen MR) is 337 cm³/mol. The molecule has 2 unspecified atom stereocenters. The molecular formula is C74H44N6S2. The molecule has 15 aromatic rings. The van der Waals surface area contributed by atoms with Crippen molar-refractivity contribution in [1.29, 1.82) is 0 Å². The summed E-state index contributed by atoms with van der Waals surface area (Å²) in [5, 5.41) is 4.78. The van der Waals surface area contributed by atoms with Crippen LogP contribution in [0.15, 0.2) is 255 Å². The lowest BCUT2D eigenvalue weighted by atomic mass is 9.60. The maximum absolute atomic E-state index is 5.22. The minimum absolute atomic E-state index is 0.112. The first-order valence-electron chi connectivity index (χ1n) is 27.6. The zero-order valence-corrected chi connectivity index (χ0v) is 45.5. The molecule has 0 fully saturated rings. The molecule has 11 aromatic carbocycles. The van der Waals surface area contributed by atoms with E-state index in [0.717, 1.165) is 44.5 Å². The molecule has 382 valence electrons. The van der Waals surface area contributed by atoms with Crippen LogP contribution in [0.3, 0.4) is 0 Å². The Kier molecular flexibility index (Phi) is 10.7. The van der Waals surface area contributed by atoms with Crippen molar-refractivity contribution in [2.24, 2.45) is 0 Å². The number of fused-ring (bicyclic) bond motifs is 6. The van der Waals surface area contributed by atoms with Crippen LogP contribution in [-0.2, 0) is 0 Å². The van der Waals surface area contributed by atoms with E-state index in [-0.39, 0.29) is 11.8 Å². The number of aromatic nitrogens is 6. The average Bonchev–Trinajstić information content (AvgIpc) is 2.55. The predicted octanol–water partition coefficient (Wildman–Crippen LogP) is 19.1. The van der Waals surface area contributed by atoms with E-state index in [1.807, 2.05) is 36.4 Å². The lowest BCUT2D eigenvalue weighted by molar-refractivity contribution is 0.755. The summed E-state index contributed by atoms with van der Waals surface area (Å²) in [6.07, 6.45) is 0.